The molecule has 1 aromatic heterocycles. The van der Waals surface area contributed by atoms with Crippen molar-refractivity contribution in [1.29, 1.82) is 0 Å². The molecule has 1 heterocycles. The summed E-state index contributed by atoms with van der Waals surface area (Å²) in [6, 6.07) is 1.86. The lowest BCUT2D eigenvalue weighted by Crippen LogP contribution is -2.20. The van der Waals surface area contributed by atoms with Crippen LogP contribution in [-0.4, -0.2) is 22.7 Å². The molecule has 0 saturated carbocycles. The number of aliphatic hydroxyl groups is 1. The Labute approximate surface area is 90.5 Å². The van der Waals surface area contributed by atoms with Crippen LogP contribution in [-0.2, 0) is 0 Å². The molecular formula is C11H19N3O. The van der Waals surface area contributed by atoms with Crippen LogP contribution in [0.15, 0.2) is 12.3 Å². The molecule has 0 aliphatic rings. The Kier molecular flexibility index (Phi) is 4.37. The molecule has 1 rings (SSSR count). The first-order chi connectivity index (χ1) is 7.13. The largest absolute Gasteiger partial charge is 0.396 e. The van der Waals surface area contributed by atoms with Gasteiger partial charge in [-0.1, -0.05) is 13.3 Å². The van der Waals surface area contributed by atoms with Gasteiger partial charge in [0.2, 0.25) is 0 Å². The van der Waals surface area contributed by atoms with E-state index in [-0.39, 0.29) is 6.10 Å². The van der Waals surface area contributed by atoms with Gasteiger partial charge in [-0.05, 0) is 25.0 Å². The van der Waals surface area contributed by atoms with Gasteiger partial charge in [-0.15, -0.1) is 0 Å². The highest BCUT2D eigenvalue weighted by Gasteiger charge is 2.04. The van der Waals surface area contributed by atoms with Gasteiger partial charge in [0.1, 0.15) is 5.82 Å². The van der Waals surface area contributed by atoms with E-state index < -0.39 is 0 Å². The van der Waals surface area contributed by atoms with Crippen molar-refractivity contribution in [2.75, 3.05) is 17.6 Å². The van der Waals surface area contributed by atoms with Crippen molar-refractivity contribution >= 4 is 11.5 Å². The first-order valence-corrected chi connectivity index (χ1v) is 5.27. The summed E-state index contributed by atoms with van der Waals surface area (Å²) in [4.78, 5) is 4.16. The van der Waals surface area contributed by atoms with E-state index in [0.717, 1.165) is 18.4 Å². The minimum absolute atomic E-state index is 0.336. The Morgan fingerprint density at radius 3 is 2.93 bits per heavy atom. The second-order valence-corrected chi connectivity index (χ2v) is 3.77. The molecule has 0 amide bonds. The van der Waals surface area contributed by atoms with Gasteiger partial charge >= 0.3 is 0 Å². The van der Waals surface area contributed by atoms with Crippen molar-refractivity contribution in [1.82, 2.24) is 4.98 Å². The van der Waals surface area contributed by atoms with Gasteiger partial charge in [0.15, 0.2) is 0 Å². The van der Waals surface area contributed by atoms with E-state index >= 15 is 0 Å². The number of hydrogen-bond donors (Lipinski definition) is 3. The number of nitrogens with zero attached hydrogens (tertiary/aromatic N) is 1. The number of hydrogen-bond acceptors (Lipinski definition) is 4. The number of nitrogens with two attached hydrogens (primary N) is 1. The third-order valence-electron chi connectivity index (χ3n) is 2.18. The van der Waals surface area contributed by atoms with Gasteiger partial charge in [-0.2, -0.15) is 0 Å². The molecule has 4 nitrogen and oxygen atoms in total. The third kappa shape index (κ3) is 3.75. The van der Waals surface area contributed by atoms with E-state index in [1.807, 2.05) is 19.9 Å². The Morgan fingerprint density at radius 1 is 1.60 bits per heavy atom. The number of aromatic nitrogens is 1. The normalized spacial score (nSPS) is 12.5. The fourth-order valence-electron chi connectivity index (χ4n) is 1.39. The van der Waals surface area contributed by atoms with E-state index in [1.165, 1.54) is 0 Å². The van der Waals surface area contributed by atoms with Gasteiger partial charge < -0.3 is 16.2 Å². The second kappa shape index (κ2) is 5.56. The van der Waals surface area contributed by atoms with E-state index in [0.29, 0.717) is 18.1 Å². The van der Waals surface area contributed by atoms with Crippen LogP contribution >= 0.6 is 0 Å². The number of nitrogens with one attached hydrogen (secondary N) is 1. The molecule has 1 atom stereocenters. The Balaban J connectivity index is 2.50. The van der Waals surface area contributed by atoms with Crippen LogP contribution in [0.4, 0.5) is 11.5 Å². The number of anilines is 2. The first-order valence-electron chi connectivity index (χ1n) is 5.27. The molecule has 0 aromatic carbocycles. The zero-order valence-electron chi connectivity index (χ0n) is 9.33. The summed E-state index contributed by atoms with van der Waals surface area (Å²) in [5.74, 6) is 0.649. The molecule has 4 N–H and O–H groups in total. The van der Waals surface area contributed by atoms with Gasteiger partial charge in [0, 0.05) is 12.7 Å². The van der Waals surface area contributed by atoms with Crippen LogP contribution in [0, 0.1) is 6.92 Å². The molecule has 0 aliphatic carbocycles. The maximum atomic E-state index is 9.52. The highest BCUT2D eigenvalue weighted by molar-refractivity contribution is 5.61. The highest BCUT2D eigenvalue weighted by atomic mass is 16.3. The molecule has 84 valence electrons. The van der Waals surface area contributed by atoms with E-state index in [2.05, 4.69) is 10.3 Å². The van der Waals surface area contributed by atoms with E-state index in [4.69, 9.17) is 5.73 Å². The summed E-state index contributed by atoms with van der Waals surface area (Å²) in [5, 5.41) is 12.6. The molecule has 0 fully saturated rings. The van der Waals surface area contributed by atoms with Crippen molar-refractivity contribution in [3.05, 3.63) is 17.8 Å². The van der Waals surface area contributed by atoms with Crippen molar-refractivity contribution in [2.24, 2.45) is 0 Å². The molecule has 1 aromatic rings. The number of aliphatic hydroxyl groups excluding tert-OH is 1. The topological polar surface area (TPSA) is 71.2 Å². The molecule has 0 radical (unpaired) electrons. The lowest BCUT2D eigenvalue weighted by atomic mass is 10.2. The van der Waals surface area contributed by atoms with Crippen LogP contribution in [0.25, 0.3) is 0 Å². The van der Waals surface area contributed by atoms with Crippen molar-refractivity contribution in [3.63, 3.8) is 0 Å². The Hall–Kier alpha value is -1.29. The average Bonchev–Trinajstić information content (AvgIpc) is 2.17. The van der Waals surface area contributed by atoms with Gasteiger partial charge in [-0.25, -0.2) is 4.98 Å². The molecule has 15 heavy (non-hydrogen) atoms. The van der Waals surface area contributed by atoms with Crippen LogP contribution in [0.5, 0.6) is 0 Å². The molecule has 0 aliphatic heterocycles. The summed E-state index contributed by atoms with van der Waals surface area (Å²) >= 11 is 0. The van der Waals surface area contributed by atoms with Gasteiger partial charge in [0.25, 0.3) is 0 Å². The Morgan fingerprint density at radius 2 is 2.33 bits per heavy atom. The molecule has 4 heteroatoms. The standard InChI is InChI=1S/C11H19N3O/c1-3-4-9(15)7-14-11-10(12)5-8(2)6-13-11/h5-6,9,15H,3-4,7,12H2,1-2H3,(H,13,14). The zero-order valence-corrected chi connectivity index (χ0v) is 9.33. The molecular weight excluding hydrogens is 190 g/mol. The van der Waals surface area contributed by atoms with Crippen molar-refractivity contribution in [3.8, 4) is 0 Å². The number of rotatable bonds is 5. The first kappa shape index (κ1) is 11.8. The summed E-state index contributed by atoms with van der Waals surface area (Å²) in [6.45, 7) is 4.48. The van der Waals surface area contributed by atoms with Gasteiger partial charge in [0.05, 0.1) is 11.8 Å². The molecule has 0 spiro atoms. The SMILES string of the molecule is CCCC(O)CNc1ncc(C)cc1N. The Bertz CT molecular complexity index is 315. The van der Waals surface area contributed by atoms with E-state index in [9.17, 15) is 5.11 Å². The quantitative estimate of drug-likeness (QED) is 0.688. The minimum Gasteiger partial charge on any atom is -0.396 e. The summed E-state index contributed by atoms with van der Waals surface area (Å²) in [5.41, 5.74) is 7.43. The summed E-state index contributed by atoms with van der Waals surface area (Å²) in [7, 11) is 0. The molecule has 1 unspecified atom stereocenters. The highest BCUT2D eigenvalue weighted by Crippen LogP contribution is 2.15. The number of nitrogen functional groups attached to an aromatic ring is 1. The maximum absolute atomic E-state index is 9.52. The van der Waals surface area contributed by atoms with E-state index in [1.54, 1.807) is 6.20 Å². The fourth-order valence-corrected chi connectivity index (χ4v) is 1.39. The van der Waals surface area contributed by atoms with Crippen molar-refractivity contribution < 1.29 is 5.11 Å². The van der Waals surface area contributed by atoms with Crippen LogP contribution in [0.3, 0.4) is 0 Å². The lowest BCUT2D eigenvalue weighted by Gasteiger charge is -2.12. The molecule has 0 saturated heterocycles. The second-order valence-electron chi connectivity index (χ2n) is 3.77. The number of aryl methyl sites for hydroxylation is 1. The van der Waals surface area contributed by atoms with Crippen LogP contribution in [0.1, 0.15) is 25.3 Å². The van der Waals surface area contributed by atoms with Crippen LogP contribution in [0.2, 0.25) is 0 Å². The fraction of sp³-hybridized carbons (Fsp3) is 0.545. The van der Waals surface area contributed by atoms with Gasteiger partial charge in [-0.3, -0.25) is 0 Å². The smallest absolute Gasteiger partial charge is 0.149 e. The summed E-state index contributed by atoms with van der Waals surface area (Å²) < 4.78 is 0. The average molecular weight is 209 g/mol. The minimum atomic E-state index is -0.336. The number of pyridine rings is 1. The van der Waals surface area contributed by atoms with Crippen molar-refractivity contribution in [2.45, 2.75) is 32.8 Å². The molecule has 0 bridgehead atoms. The lowest BCUT2D eigenvalue weighted by molar-refractivity contribution is 0.176. The zero-order chi connectivity index (χ0) is 11.3. The third-order valence-corrected chi connectivity index (χ3v) is 2.18. The monoisotopic (exact) mass is 209 g/mol. The van der Waals surface area contributed by atoms with Crippen LogP contribution < -0.4 is 11.1 Å². The summed E-state index contributed by atoms with van der Waals surface area (Å²) in [6.07, 6.45) is 3.18. The maximum Gasteiger partial charge on any atom is 0.149 e. The predicted octanol–water partition coefficient (Wildman–Crippen LogP) is 1.55. The predicted molar refractivity (Wildman–Crippen MR) is 62.8 cm³/mol.